The smallest absolute Gasteiger partial charge is 0.294 e. The van der Waals surface area contributed by atoms with Crippen molar-refractivity contribution in [2.45, 2.75) is 18.2 Å². The van der Waals surface area contributed by atoms with Crippen LogP contribution in [0, 0.1) is 18.8 Å². The Bertz CT molecular complexity index is 795. The summed E-state index contributed by atoms with van der Waals surface area (Å²) in [5.74, 6) is -0.0968. The van der Waals surface area contributed by atoms with Crippen LogP contribution >= 0.6 is 0 Å². The summed E-state index contributed by atoms with van der Waals surface area (Å²) < 4.78 is 29.3. The zero-order chi connectivity index (χ0) is 16.4. The van der Waals surface area contributed by atoms with E-state index in [-0.39, 0.29) is 29.1 Å². The van der Waals surface area contributed by atoms with Crippen LogP contribution in [0.2, 0.25) is 0 Å². The average molecular weight is 330 g/mol. The van der Waals surface area contributed by atoms with Crippen molar-refractivity contribution in [2.75, 3.05) is 6.61 Å². The minimum atomic E-state index is -3.76. The topological polar surface area (TPSA) is 60.4 Å². The van der Waals surface area contributed by atoms with E-state index >= 15 is 0 Å². The normalized spacial score (nSPS) is 20.2. The monoisotopic (exact) mass is 330 g/mol. The number of benzene rings is 2. The number of carbonyl (C=O) groups is 1. The highest BCUT2D eigenvalue weighted by molar-refractivity contribution is 7.86. The number of carbonyl (C=O) groups excluding carboxylic acids is 1. The number of hydrogen-bond donors (Lipinski definition) is 0. The van der Waals surface area contributed by atoms with E-state index in [4.69, 9.17) is 4.18 Å². The molecule has 5 heteroatoms. The van der Waals surface area contributed by atoms with Gasteiger partial charge in [-0.05, 0) is 31.4 Å². The fourth-order valence-electron chi connectivity index (χ4n) is 2.52. The third kappa shape index (κ3) is 3.68. The molecule has 0 N–H and O–H groups in total. The molecule has 4 nitrogen and oxygen atoms in total. The van der Waals surface area contributed by atoms with Crippen LogP contribution in [0.25, 0.3) is 0 Å². The molecule has 0 aromatic heterocycles. The predicted octanol–water partition coefficient (Wildman–Crippen LogP) is 3.22. The molecule has 1 fully saturated rings. The van der Waals surface area contributed by atoms with Crippen LogP contribution in [0.4, 0.5) is 0 Å². The van der Waals surface area contributed by atoms with Crippen molar-refractivity contribution in [3.63, 3.8) is 0 Å². The highest BCUT2D eigenvalue weighted by Gasteiger charge is 2.44. The van der Waals surface area contributed by atoms with Gasteiger partial charge in [-0.2, -0.15) is 8.42 Å². The van der Waals surface area contributed by atoms with Crippen LogP contribution < -0.4 is 0 Å². The summed E-state index contributed by atoms with van der Waals surface area (Å²) in [5, 5.41) is 0. The fraction of sp³-hybridized carbons (Fsp3) is 0.278. The van der Waals surface area contributed by atoms with Crippen molar-refractivity contribution < 1.29 is 17.4 Å². The average Bonchev–Trinajstić information content (AvgIpc) is 3.33. The van der Waals surface area contributed by atoms with Crippen LogP contribution in [-0.2, 0) is 14.3 Å². The van der Waals surface area contributed by atoms with E-state index in [1.807, 2.05) is 25.1 Å². The Labute approximate surface area is 136 Å². The summed E-state index contributed by atoms with van der Waals surface area (Å²) in [6.07, 6.45) is 0.678. The van der Waals surface area contributed by atoms with E-state index in [9.17, 15) is 13.2 Å². The third-order valence-corrected chi connectivity index (χ3v) is 5.36. The first-order chi connectivity index (χ1) is 11.0. The molecule has 120 valence electrons. The maximum absolute atomic E-state index is 12.2. The van der Waals surface area contributed by atoms with Gasteiger partial charge < -0.3 is 0 Å². The minimum absolute atomic E-state index is 0.0251. The van der Waals surface area contributed by atoms with Crippen LogP contribution in [0.5, 0.6) is 0 Å². The Kier molecular flexibility index (Phi) is 4.33. The number of rotatable bonds is 6. The maximum Gasteiger partial charge on any atom is 0.296 e. The lowest BCUT2D eigenvalue weighted by atomic mass is 10.1. The molecule has 1 saturated carbocycles. The van der Waals surface area contributed by atoms with Gasteiger partial charge in [0.05, 0.1) is 11.5 Å². The maximum atomic E-state index is 12.2. The van der Waals surface area contributed by atoms with Crippen molar-refractivity contribution in [1.82, 2.24) is 0 Å². The number of hydrogen-bond acceptors (Lipinski definition) is 4. The van der Waals surface area contributed by atoms with Crippen LogP contribution in [-0.4, -0.2) is 20.8 Å². The van der Waals surface area contributed by atoms with Gasteiger partial charge in [0.15, 0.2) is 5.78 Å². The molecule has 0 spiro atoms. The molecule has 1 aliphatic carbocycles. The molecule has 0 aliphatic heterocycles. The summed E-state index contributed by atoms with van der Waals surface area (Å²) >= 11 is 0. The highest BCUT2D eigenvalue weighted by atomic mass is 32.2. The van der Waals surface area contributed by atoms with Crippen molar-refractivity contribution >= 4 is 15.9 Å². The number of aryl methyl sites for hydroxylation is 1. The quantitative estimate of drug-likeness (QED) is 0.603. The van der Waals surface area contributed by atoms with Gasteiger partial charge in [-0.3, -0.25) is 8.98 Å². The van der Waals surface area contributed by atoms with Gasteiger partial charge in [-0.1, -0.05) is 48.0 Å². The predicted molar refractivity (Wildman–Crippen MR) is 86.7 cm³/mol. The molecule has 0 amide bonds. The van der Waals surface area contributed by atoms with Crippen molar-refractivity contribution in [3.05, 3.63) is 65.7 Å². The molecule has 2 aromatic carbocycles. The Morgan fingerprint density at radius 1 is 1.09 bits per heavy atom. The molecule has 0 bridgehead atoms. The fourth-order valence-corrected chi connectivity index (χ4v) is 3.48. The molecular weight excluding hydrogens is 312 g/mol. The summed E-state index contributed by atoms with van der Waals surface area (Å²) in [7, 11) is -3.76. The molecule has 1 aliphatic rings. The van der Waals surface area contributed by atoms with Gasteiger partial charge in [-0.15, -0.1) is 0 Å². The molecular formula is C18H18O4S. The van der Waals surface area contributed by atoms with Crippen molar-refractivity contribution in [1.29, 1.82) is 0 Å². The molecule has 0 heterocycles. The minimum Gasteiger partial charge on any atom is -0.294 e. The summed E-state index contributed by atoms with van der Waals surface area (Å²) in [6, 6.07) is 15.6. The van der Waals surface area contributed by atoms with E-state index in [0.717, 1.165) is 5.56 Å². The SMILES string of the molecule is Cc1ccc(S(=O)(=O)OCC2CC2C(=O)c2ccccc2)cc1. The largest absolute Gasteiger partial charge is 0.296 e. The van der Waals surface area contributed by atoms with Crippen LogP contribution in [0.15, 0.2) is 59.5 Å². The Morgan fingerprint density at radius 3 is 2.39 bits per heavy atom. The van der Waals surface area contributed by atoms with Crippen molar-refractivity contribution in [2.24, 2.45) is 11.8 Å². The van der Waals surface area contributed by atoms with E-state index in [0.29, 0.717) is 12.0 Å². The van der Waals surface area contributed by atoms with Gasteiger partial charge in [0.2, 0.25) is 0 Å². The molecule has 2 aromatic rings. The first-order valence-corrected chi connectivity index (χ1v) is 8.93. The second-order valence-corrected chi connectivity index (χ2v) is 7.50. The molecule has 3 rings (SSSR count). The summed E-state index contributed by atoms with van der Waals surface area (Å²) in [5.41, 5.74) is 1.65. The van der Waals surface area contributed by atoms with Crippen molar-refractivity contribution in [3.8, 4) is 0 Å². The van der Waals surface area contributed by atoms with Gasteiger partial charge in [0, 0.05) is 11.5 Å². The molecule has 2 unspecified atom stereocenters. The highest BCUT2D eigenvalue weighted by Crippen LogP contribution is 2.41. The van der Waals surface area contributed by atoms with Gasteiger partial charge in [-0.25, -0.2) is 0 Å². The van der Waals surface area contributed by atoms with E-state index in [1.165, 1.54) is 12.1 Å². The van der Waals surface area contributed by atoms with Crippen LogP contribution in [0.3, 0.4) is 0 Å². The molecule has 0 saturated heterocycles. The van der Waals surface area contributed by atoms with Crippen LogP contribution in [0.1, 0.15) is 22.3 Å². The second kappa shape index (κ2) is 6.26. The zero-order valence-corrected chi connectivity index (χ0v) is 13.6. The summed E-state index contributed by atoms with van der Waals surface area (Å²) in [4.78, 5) is 12.4. The molecule has 23 heavy (non-hydrogen) atoms. The van der Waals surface area contributed by atoms with E-state index in [1.54, 1.807) is 24.3 Å². The van der Waals surface area contributed by atoms with Gasteiger partial charge in [0.25, 0.3) is 10.1 Å². The first kappa shape index (κ1) is 15.9. The Hall–Kier alpha value is -1.98. The number of Topliss-reactive ketones (excluding diaryl/α,β-unsaturated/α-hetero) is 1. The van der Waals surface area contributed by atoms with Gasteiger partial charge >= 0.3 is 0 Å². The summed E-state index contributed by atoms with van der Waals surface area (Å²) in [6.45, 7) is 1.95. The second-order valence-electron chi connectivity index (χ2n) is 5.88. The third-order valence-electron chi connectivity index (χ3n) is 4.06. The molecule has 0 radical (unpaired) electrons. The first-order valence-electron chi connectivity index (χ1n) is 7.53. The molecule has 2 atom stereocenters. The van der Waals surface area contributed by atoms with Gasteiger partial charge in [0.1, 0.15) is 0 Å². The zero-order valence-electron chi connectivity index (χ0n) is 12.8. The number of ketones is 1. The lowest BCUT2D eigenvalue weighted by Gasteiger charge is -2.06. The Balaban J connectivity index is 1.58. The Morgan fingerprint density at radius 2 is 1.74 bits per heavy atom. The van der Waals surface area contributed by atoms with E-state index in [2.05, 4.69) is 0 Å². The lowest BCUT2D eigenvalue weighted by Crippen LogP contribution is -2.11. The van der Waals surface area contributed by atoms with E-state index < -0.39 is 10.1 Å². The standard InChI is InChI=1S/C18H18O4S/c1-13-7-9-16(10-8-13)23(20,21)22-12-15-11-17(15)18(19)14-5-3-2-4-6-14/h2-10,15,17H,11-12H2,1H3. The lowest BCUT2D eigenvalue weighted by molar-refractivity contribution is 0.0955.